The lowest BCUT2D eigenvalue weighted by atomic mass is 9.75. The van der Waals surface area contributed by atoms with Crippen LogP contribution in [-0.2, 0) is 0 Å². The zero-order chi connectivity index (χ0) is 11.6. The Morgan fingerprint density at radius 2 is 2.31 bits per heavy atom. The molecule has 0 amide bonds. The lowest BCUT2D eigenvalue weighted by Gasteiger charge is -2.36. The number of halogens is 1. The zero-order valence-corrected chi connectivity index (χ0v) is 10.7. The molecule has 1 aromatic heterocycles. The number of rotatable bonds is 2. The molecular formula is C13H19ClN2. The number of nitrogens with zero attached hydrogens (tertiary/aromatic N) is 1. The molecule has 1 atom stereocenters. The normalized spacial score (nSPS) is 24.1. The van der Waals surface area contributed by atoms with Gasteiger partial charge in [-0.25, -0.2) is 4.98 Å². The molecule has 0 aromatic carbocycles. The molecule has 1 saturated carbocycles. The SMILES string of the molecule is CC1(C)CCCC(Nc2cccnc2Cl)C1. The van der Waals surface area contributed by atoms with Gasteiger partial charge in [0.1, 0.15) is 0 Å². The van der Waals surface area contributed by atoms with E-state index in [2.05, 4.69) is 24.1 Å². The highest BCUT2D eigenvalue weighted by Gasteiger charge is 2.28. The van der Waals surface area contributed by atoms with Crippen molar-refractivity contribution in [1.29, 1.82) is 0 Å². The summed E-state index contributed by atoms with van der Waals surface area (Å²) in [5.41, 5.74) is 1.41. The number of nitrogens with one attached hydrogen (secondary N) is 1. The first-order chi connectivity index (χ1) is 7.57. The second-order valence-electron chi connectivity index (χ2n) is 5.44. The second-order valence-corrected chi connectivity index (χ2v) is 5.80. The van der Waals surface area contributed by atoms with Crippen LogP contribution in [0, 0.1) is 5.41 Å². The van der Waals surface area contributed by atoms with E-state index < -0.39 is 0 Å². The third kappa shape index (κ3) is 2.88. The van der Waals surface area contributed by atoms with Crippen molar-refractivity contribution in [2.75, 3.05) is 5.32 Å². The standard InChI is InChI=1S/C13H19ClN2/c1-13(2)7-3-5-10(9-13)16-11-6-4-8-15-12(11)14/h4,6,8,10,16H,3,5,7,9H2,1-2H3. The van der Waals surface area contributed by atoms with Crippen molar-refractivity contribution in [1.82, 2.24) is 4.98 Å². The van der Waals surface area contributed by atoms with Gasteiger partial charge in [-0.05, 0) is 36.8 Å². The van der Waals surface area contributed by atoms with Gasteiger partial charge in [0.2, 0.25) is 0 Å². The minimum atomic E-state index is 0.449. The molecule has 1 aromatic rings. The Bertz CT molecular complexity index is 363. The number of hydrogen-bond donors (Lipinski definition) is 1. The summed E-state index contributed by atoms with van der Waals surface area (Å²) in [5.74, 6) is 0. The lowest BCUT2D eigenvalue weighted by molar-refractivity contribution is 0.229. The summed E-state index contributed by atoms with van der Waals surface area (Å²) in [4.78, 5) is 4.08. The molecule has 16 heavy (non-hydrogen) atoms. The van der Waals surface area contributed by atoms with Gasteiger partial charge in [0, 0.05) is 12.2 Å². The first kappa shape index (κ1) is 11.7. The highest BCUT2D eigenvalue weighted by Crippen LogP contribution is 2.36. The molecule has 1 aliphatic carbocycles. The molecular weight excluding hydrogens is 220 g/mol. The van der Waals surface area contributed by atoms with Crippen molar-refractivity contribution >= 4 is 17.3 Å². The van der Waals surface area contributed by atoms with Crippen LogP contribution in [0.4, 0.5) is 5.69 Å². The van der Waals surface area contributed by atoms with E-state index in [9.17, 15) is 0 Å². The summed E-state index contributed by atoms with van der Waals surface area (Å²) in [5, 5.41) is 4.09. The van der Waals surface area contributed by atoms with Gasteiger partial charge in [-0.1, -0.05) is 31.9 Å². The molecule has 0 saturated heterocycles. The van der Waals surface area contributed by atoms with Crippen LogP contribution >= 0.6 is 11.6 Å². The van der Waals surface area contributed by atoms with Crippen molar-refractivity contribution < 1.29 is 0 Å². The fourth-order valence-corrected chi connectivity index (χ4v) is 2.71. The van der Waals surface area contributed by atoms with Gasteiger partial charge in [0.15, 0.2) is 5.15 Å². The molecule has 1 N–H and O–H groups in total. The van der Waals surface area contributed by atoms with E-state index in [1.807, 2.05) is 12.1 Å². The van der Waals surface area contributed by atoms with Crippen LogP contribution in [0.3, 0.4) is 0 Å². The predicted octanol–water partition coefficient (Wildman–Crippen LogP) is 4.12. The first-order valence-corrected chi connectivity index (χ1v) is 6.32. The monoisotopic (exact) mass is 238 g/mol. The van der Waals surface area contributed by atoms with Crippen LogP contribution in [0.1, 0.15) is 39.5 Å². The van der Waals surface area contributed by atoms with Crippen LogP contribution in [0.15, 0.2) is 18.3 Å². The largest absolute Gasteiger partial charge is 0.380 e. The van der Waals surface area contributed by atoms with E-state index in [0.29, 0.717) is 16.6 Å². The minimum Gasteiger partial charge on any atom is -0.380 e. The predicted molar refractivity (Wildman–Crippen MR) is 68.9 cm³/mol. The van der Waals surface area contributed by atoms with Gasteiger partial charge >= 0.3 is 0 Å². The Kier molecular flexibility index (Phi) is 3.38. The third-order valence-corrected chi connectivity index (χ3v) is 3.63. The molecule has 1 aliphatic rings. The quantitative estimate of drug-likeness (QED) is 0.785. The van der Waals surface area contributed by atoms with Gasteiger partial charge in [-0.3, -0.25) is 0 Å². The maximum Gasteiger partial charge on any atom is 0.152 e. The van der Waals surface area contributed by atoms with Crippen molar-refractivity contribution in [3.63, 3.8) is 0 Å². The minimum absolute atomic E-state index is 0.449. The van der Waals surface area contributed by atoms with Gasteiger partial charge < -0.3 is 5.32 Å². The van der Waals surface area contributed by atoms with Crippen molar-refractivity contribution in [3.05, 3.63) is 23.5 Å². The highest BCUT2D eigenvalue weighted by molar-refractivity contribution is 6.31. The number of hydrogen-bond acceptors (Lipinski definition) is 2. The summed E-state index contributed by atoms with van der Waals surface area (Å²) in [6, 6.07) is 4.45. The molecule has 88 valence electrons. The smallest absolute Gasteiger partial charge is 0.152 e. The highest BCUT2D eigenvalue weighted by atomic mass is 35.5. The number of aromatic nitrogens is 1. The van der Waals surface area contributed by atoms with Crippen molar-refractivity contribution in [3.8, 4) is 0 Å². The van der Waals surface area contributed by atoms with Gasteiger partial charge in [-0.2, -0.15) is 0 Å². The maximum atomic E-state index is 6.04. The van der Waals surface area contributed by atoms with Gasteiger partial charge in [0.05, 0.1) is 5.69 Å². The van der Waals surface area contributed by atoms with Crippen LogP contribution in [0.2, 0.25) is 5.15 Å². The summed E-state index contributed by atoms with van der Waals surface area (Å²) in [6.45, 7) is 4.68. The molecule has 1 unspecified atom stereocenters. The Balaban J connectivity index is 2.02. The van der Waals surface area contributed by atoms with E-state index in [1.54, 1.807) is 6.20 Å². The van der Waals surface area contributed by atoms with Gasteiger partial charge in [-0.15, -0.1) is 0 Å². The Labute approximate surface area is 102 Å². The zero-order valence-electron chi connectivity index (χ0n) is 9.96. The second kappa shape index (κ2) is 4.62. The van der Waals surface area contributed by atoms with E-state index in [4.69, 9.17) is 11.6 Å². The van der Waals surface area contributed by atoms with E-state index >= 15 is 0 Å². The fourth-order valence-electron chi connectivity index (χ4n) is 2.53. The molecule has 0 radical (unpaired) electrons. The fraction of sp³-hybridized carbons (Fsp3) is 0.615. The van der Waals surface area contributed by atoms with Crippen LogP contribution in [0.25, 0.3) is 0 Å². The maximum absolute atomic E-state index is 6.04. The Morgan fingerprint density at radius 3 is 3.00 bits per heavy atom. The topological polar surface area (TPSA) is 24.9 Å². The van der Waals surface area contributed by atoms with Gasteiger partial charge in [0.25, 0.3) is 0 Å². The molecule has 2 nitrogen and oxygen atoms in total. The summed E-state index contributed by atoms with van der Waals surface area (Å²) in [7, 11) is 0. The molecule has 3 heteroatoms. The van der Waals surface area contributed by atoms with E-state index in [-0.39, 0.29) is 0 Å². The Hall–Kier alpha value is -0.760. The number of anilines is 1. The van der Waals surface area contributed by atoms with Crippen molar-refractivity contribution in [2.24, 2.45) is 5.41 Å². The summed E-state index contributed by atoms with van der Waals surface area (Å²) >= 11 is 6.04. The van der Waals surface area contributed by atoms with Crippen molar-refractivity contribution in [2.45, 2.75) is 45.6 Å². The van der Waals surface area contributed by atoms with E-state index in [0.717, 1.165) is 5.69 Å². The molecule has 0 aliphatic heterocycles. The molecule has 0 bridgehead atoms. The number of pyridine rings is 1. The van der Waals surface area contributed by atoms with Crippen LogP contribution in [-0.4, -0.2) is 11.0 Å². The van der Waals surface area contributed by atoms with E-state index in [1.165, 1.54) is 25.7 Å². The van der Waals surface area contributed by atoms with Crippen LogP contribution in [0.5, 0.6) is 0 Å². The Morgan fingerprint density at radius 1 is 1.50 bits per heavy atom. The first-order valence-electron chi connectivity index (χ1n) is 5.94. The summed E-state index contributed by atoms with van der Waals surface area (Å²) in [6.07, 6.45) is 6.78. The molecule has 2 rings (SSSR count). The van der Waals surface area contributed by atoms with Crippen LogP contribution < -0.4 is 5.32 Å². The third-order valence-electron chi connectivity index (χ3n) is 3.32. The molecule has 0 spiro atoms. The average molecular weight is 239 g/mol. The molecule has 1 heterocycles. The summed E-state index contributed by atoms with van der Waals surface area (Å²) < 4.78 is 0. The molecule has 1 fully saturated rings. The average Bonchev–Trinajstić information content (AvgIpc) is 2.20. The lowest BCUT2D eigenvalue weighted by Crippen LogP contribution is -2.31.